The van der Waals surface area contributed by atoms with Gasteiger partial charge in [0.1, 0.15) is 0 Å². The van der Waals surface area contributed by atoms with Crippen LogP contribution in [-0.2, 0) is 4.74 Å². The van der Waals surface area contributed by atoms with Gasteiger partial charge >= 0.3 is 0 Å². The summed E-state index contributed by atoms with van der Waals surface area (Å²) in [6, 6.07) is 0.481. The molecule has 1 atom stereocenters. The van der Waals surface area contributed by atoms with E-state index in [1.807, 2.05) is 0 Å². The van der Waals surface area contributed by atoms with Crippen LogP contribution < -0.4 is 5.73 Å². The normalized spacial score (nSPS) is 38.8. The van der Waals surface area contributed by atoms with E-state index in [0.717, 1.165) is 11.9 Å². The van der Waals surface area contributed by atoms with Crippen molar-refractivity contribution in [1.82, 2.24) is 0 Å². The Hall–Kier alpha value is 0.270. The minimum absolute atomic E-state index is 0.481. The van der Waals surface area contributed by atoms with Gasteiger partial charge in [-0.25, -0.2) is 0 Å². The second-order valence-corrected chi connectivity index (χ2v) is 5.84. The standard InChI is InChI=1S/C11H21NOS/c12-9-3-5-11(6-4-9)14-8-10-2-1-7-13-10/h9-11H,1-8,12H2. The molecule has 1 saturated heterocycles. The van der Waals surface area contributed by atoms with Gasteiger partial charge in [0.2, 0.25) is 0 Å². The summed E-state index contributed by atoms with van der Waals surface area (Å²) >= 11 is 2.12. The highest BCUT2D eigenvalue weighted by molar-refractivity contribution is 7.99. The Bertz CT molecular complexity index is 163. The van der Waals surface area contributed by atoms with Crippen molar-refractivity contribution in [3.8, 4) is 0 Å². The maximum Gasteiger partial charge on any atom is 0.0666 e. The molecule has 1 heterocycles. The van der Waals surface area contributed by atoms with E-state index in [1.165, 1.54) is 44.3 Å². The number of ether oxygens (including phenoxy) is 1. The van der Waals surface area contributed by atoms with Crippen molar-refractivity contribution in [2.45, 2.75) is 55.9 Å². The van der Waals surface area contributed by atoms with Gasteiger partial charge < -0.3 is 10.5 Å². The van der Waals surface area contributed by atoms with Gasteiger partial charge in [-0.15, -0.1) is 0 Å². The lowest BCUT2D eigenvalue weighted by Crippen LogP contribution is -2.28. The van der Waals surface area contributed by atoms with E-state index in [0.29, 0.717) is 12.1 Å². The number of hydrogen-bond donors (Lipinski definition) is 1. The van der Waals surface area contributed by atoms with Crippen molar-refractivity contribution in [3.05, 3.63) is 0 Å². The molecule has 14 heavy (non-hydrogen) atoms. The molecule has 0 aromatic heterocycles. The smallest absolute Gasteiger partial charge is 0.0666 e. The Balaban J connectivity index is 1.60. The maximum absolute atomic E-state index is 5.88. The summed E-state index contributed by atoms with van der Waals surface area (Å²) in [6.07, 6.45) is 8.18. The van der Waals surface area contributed by atoms with E-state index in [1.54, 1.807) is 0 Å². The second-order valence-electron chi connectivity index (χ2n) is 4.51. The van der Waals surface area contributed by atoms with Crippen LogP contribution in [0.15, 0.2) is 0 Å². The lowest BCUT2D eigenvalue weighted by Gasteiger charge is -2.26. The number of thioether (sulfide) groups is 1. The number of hydrogen-bond acceptors (Lipinski definition) is 3. The topological polar surface area (TPSA) is 35.2 Å². The summed E-state index contributed by atoms with van der Waals surface area (Å²) in [5.41, 5.74) is 5.88. The summed E-state index contributed by atoms with van der Waals surface area (Å²) in [6.45, 7) is 0.987. The third kappa shape index (κ3) is 3.14. The van der Waals surface area contributed by atoms with E-state index in [-0.39, 0.29) is 0 Å². The summed E-state index contributed by atoms with van der Waals surface area (Å²) < 4.78 is 5.62. The van der Waals surface area contributed by atoms with Gasteiger partial charge in [-0.1, -0.05) is 0 Å². The molecule has 1 saturated carbocycles. The minimum atomic E-state index is 0.481. The van der Waals surface area contributed by atoms with Crippen LogP contribution in [0.3, 0.4) is 0 Å². The van der Waals surface area contributed by atoms with Crippen LogP contribution in [0.4, 0.5) is 0 Å². The van der Waals surface area contributed by atoms with Crippen LogP contribution in [0.2, 0.25) is 0 Å². The summed E-state index contributed by atoms with van der Waals surface area (Å²) in [7, 11) is 0. The predicted molar refractivity (Wildman–Crippen MR) is 61.7 cm³/mol. The van der Waals surface area contributed by atoms with Crippen molar-refractivity contribution in [2.75, 3.05) is 12.4 Å². The van der Waals surface area contributed by atoms with E-state index < -0.39 is 0 Å². The first kappa shape index (κ1) is 10.8. The Morgan fingerprint density at radius 1 is 1.14 bits per heavy atom. The lowest BCUT2D eigenvalue weighted by atomic mass is 9.96. The Kier molecular flexibility index (Phi) is 4.14. The van der Waals surface area contributed by atoms with Gasteiger partial charge in [-0.05, 0) is 38.5 Å². The van der Waals surface area contributed by atoms with Crippen LogP contribution in [-0.4, -0.2) is 29.8 Å². The van der Waals surface area contributed by atoms with Crippen LogP contribution in [0.25, 0.3) is 0 Å². The van der Waals surface area contributed by atoms with Crippen molar-refractivity contribution in [1.29, 1.82) is 0 Å². The van der Waals surface area contributed by atoms with Gasteiger partial charge in [-0.2, -0.15) is 11.8 Å². The molecule has 0 spiro atoms. The quantitative estimate of drug-likeness (QED) is 0.783. The van der Waals surface area contributed by atoms with Crippen molar-refractivity contribution >= 4 is 11.8 Å². The fourth-order valence-electron chi connectivity index (χ4n) is 2.27. The molecule has 0 aromatic rings. The van der Waals surface area contributed by atoms with Crippen LogP contribution >= 0.6 is 11.8 Å². The highest BCUT2D eigenvalue weighted by atomic mass is 32.2. The highest BCUT2D eigenvalue weighted by Gasteiger charge is 2.21. The molecule has 2 nitrogen and oxygen atoms in total. The third-order valence-electron chi connectivity index (χ3n) is 3.26. The molecule has 1 unspecified atom stereocenters. The maximum atomic E-state index is 5.88. The molecule has 82 valence electrons. The van der Waals surface area contributed by atoms with Crippen molar-refractivity contribution in [3.63, 3.8) is 0 Å². The molecule has 2 aliphatic rings. The van der Waals surface area contributed by atoms with Crippen molar-refractivity contribution in [2.24, 2.45) is 5.73 Å². The molecule has 2 N–H and O–H groups in total. The molecule has 0 aromatic carbocycles. The molecule has 1 aliphatic heterocycles. The largest absolute Gasteiger partial charge is 0.377 e. The number of nitrogens with two attached hydrogens (primary N) is 1. The minimum Gasteiger partial charge on any atom is -0.377 e. The summed E-state index contributed by atoms with van der Waals surface area (Å²) in [5, 5.41) is 0.860. The zero-order valence-corrected chi connectivity index (χ0v) is 9.60. The first-order valence-corrected chi connectivity index (χ1v) is 6.88. The van der Waals surface area contributed by atoms with Gasteiger partial charge in [0, 0.05) is 23.7 Å². The average Bonchev–Trinajstić information content (AvgIpc) is 2.70. The Morgan fingerprint density at radius 3 is 2.57 bits per heavy atom. The zero-order chi connectivity index (χ0) is 9.80. The lowest BCUT2D eigenvalue weighted by molar-refractivity contribution is 0.128. The Labute approximate surface area is 91.0 Å². The summed E-state index contributed by atoms with van der Waals surface area (Å²) in [4.78, 5) is 0. The van der Waals surface area contributed by atoms with E-state index in [2.05, 4.69) is 11.8 Å². The van der Waals surface area contributed by atoms with Gasteiger partial charge in [-0.3, -0.25) is 0 Å². The Morgan fingerprint density at radius 2 is 1.93 bits per heavy atom. The monoisotopic (exact) mass is 215 g/mol. The fraction of sp³-hybridized carbons (Fsp3) is 1.00. The SMILES string of the molecule is NC1CCC(SCC2CCCO2)CC1. The average molecular weight is 215 g/mol. The number of rotatable bonds is 3. The predicted octanol–water partition coefficient (Wildman–Crippen LogP) is 2.17. The van der Waals surface area contributed by atoms with Crippen molar-refractivity contribution < 1.29 is 4.74 Å². The highest BCUT2D eigenvalue weighted by Crippen LogP contribution is 2.29. The van der Waals surface area contributed by atoms with Gasteiger partial charge in [0.05, 0.1) is 6.10 Å². The molecular weight excluding hydrogens is 194 g/mol. The molecular formula is C11H21NOS. The first-order chi connectivity index (χ1) is 6.84. The summed E-state index contributed by atoms with van der Waals surface area (Å²) in [5.74, 6) is 1.21. The van der Waals surface area contributed by atoms with Gasteiger partial charge in [0.15, 0.2) is 0 Å². The molecule has 0 bridgehead atoms. The van der Waals surface area contributed by atoms with Gasteiger partial charge in [0.25, 0.3) is 0 Å². The molecule has 2 fully saturated rings. The van der Waals surface area contributed by atoms with Crippen LogP contribution in [0, 0.1) is 0 Å². The second kappa shape index (κ2) is 5.38. The zero-order valence-electron chi connectivity index (χ0n) is 8.78. The van der Waals surface area contributed by atoms with Crippen LogP contribution in [0.1, 0.15) is 38.5 Å². The molecule has 2 rings (SSSR count). The molecule has 1 aliphatic carbocycles. The van der Waals surface area contributed by atoms with E-state index in [4.69, 9.17) is 10.5 Å². The van der Waals surface area contributed by atoms with E-state index >= 15 is 0 Å². The third-order valence-corrected chi connectivity index (χ3v) is 4.77. The van der Waals surface area contributed by atoms with E-state index in [9.17, 15) is 0 Å². The van der Waals surface area contributed by atoms with Crippen LogP contribution in [0.5, 0.6) is 0 Å². The fourth-order valence-corrected chi connectivity index (χ4v) is 3.63. The molecule has 0 amide bonds. The molecule has 0 radical (unpaired) electrons. The first-order valence-electron chi connectivity index (χ1n) is 5.83. The molecule has 3 heteroatoms.